The van der Waals surface area contributed by atoms with Gasteiger partial charge in [-0.05, 0) is 37.6 Å². The number of thiazole rings is 1. The van der Waals surface area contributed by atoms with Crippen molar-refractivity contribution in [2.24, 2.45) is 4.99 Å². The molecule has 0 aliphatic rings. The third-order valence-corrected chi connectivity index (χ3v) is 3.77. The van der Waals surface area contributed by atoms with Crippen LogP contribution < -0.4 is 4.80 Å². The lowest BCUT2D eigenvalue weighted by Gasteiger charge is -2.02. The van der Waals surface area contributed by atoms with E-state index in [1.165, 1.54) is 5.69 Å². The van der Waals surface area contributed by atoms with Gasteiger partial charge in [-0.2, -0.15) is 0 Å². The summed E-state index contributed by atoms with van der Waals surface area (Å²) in [6.45, 7) is 5.27. The van der Waals surface area contributed by atoms with Gasteiger partial charge in [-0.25, -0.2) is 4.99 Å². The fourth-order valence-corrected chi connectivity index (χ4v) is 2.89. The molecule has 2 nitrogen and oxygen atoms in total. The quantitative estimate of drug-likeness (QED) is 0.772. The molecule has 0 atom stereocenters. The van der Waals surface area contributed by atoms with E-state index in [1.807, 2.05) is 24.3 Å². The first-order valence-electron chi connectivity index (χ1n) is 5.72. The van der Waals surface area contributed by atoms with Crippen molar-refractivity contribution in [1.29, 1.82) is 0 Å². The summed E-state index contributed by atoms with van der Waals surface area (Å²) in [5.74, 6) is 0. The number of halogens is 2. The van der Waals surface area contributed by atoms with E-state index in [1.54, 1.807) is 11.3 Å². The summed E-state index contributed by atoms with van der Waals surface area (Å²) < 4.78 is 2.25. The van der Waals surface area contributed by atoms with Crippen molar-refractivity contribution in [3.8, 4) is 0 Å². The van der Waals surface area contributed by atoms with Gasteiger partial charge in [-0.3, -0.25) is 0 Å². The van der Waals surface area contributed by atoms with Crippen LogP contribution in [0.15, 0.2) is 34.6 Å². The van der Waals surface area contributed by atoms with Gasteiger partial charge in [0, 0.05) is 22.6 Å². The maximum atomic E-state index is 5.86. The van der Waals surface area contributed by atoms with Crippen molar-refractivity contribution >= 4 is 45.6 Å². The van der Waals surface area contributed by atoms with Gasteiger partial charge in [0.1, 0.15) is 0 Å². The van der Waals surface area contributed by atoms with Crippen molar-refractivity contribution < 1.29 is 0 Å². The van der Waals surface area contributed by atoms with Gasteiger partial charge in [0.25, 0.3) is 0 Å². The molecule has 5 heteroatoms. The summed E-state index contributed by atoms with van der Waals surface area (Å²) in [6, 6.07) is 7.61. The zero-order valence-corrected chi connectivity index (χ0v) is 13.7. The van der Waals surface area contributed by atoms with Gasteiger partial charge in [0.05, 0.1) is 5.69 Å². The highest BCUT2D eigenvalue weighted by atomic mass is 79.9. The second-order valence-corrected chi connectivity index (χ2v) is 4.97. The molecule has 0 fully saturated rings. The van der Waals surface area contributed by atoms with Crippen molar-refractivity contribution in [1.82, 2.24) is 4.57 Å². The van der Waals surface area contributed by atoms with Gasteiger partial charge < -0.3 is 4.57 Å². The monoisotopic (exact) mass is 346 g/mol. The van der Waals surface area contributed by atoms with Crippen LogP contribution in [-0.4, -0.2) is 4.57 Å². The lowest BCUT2D eigenvalue weighted by atomic mass is 10.3. The molecule has 0 unspecified atom stereocenters. The average Bonchev–Trinajstić information content (AvgIpc) is 2.74. The summed E-state index contributed by atoms with van der Waals surface area (Å²) in [6.07, 6.45) is 1.04. The van der Waals surface area contributed by atoms with Crippen LogP contribution in [0.3, 0.4) is 0 Å². The molecule has 0 amide bonds. The predicted molar refractivity (Wildman–Crippen MR) is 84.4 cm³/mol. The average molecular weight is 348 g/mol. The molecule has 98 valence electrons. The molecule has 0 spiro atoms. The molecule has 2 aromatic rings. The van der Waals surface area contributed by atoms with E-state index in [4.69, 9.17) is 11.6 Å². The Balaban J connectivity index is 0.00000162. The molecule has 0 N–H and O–H groups in total. The van der Waals surface area contributed by atoms with Crippen LogP contribution >= 0.6 is 39.9 Å². The first-order valence-corrected chi connectivity index (χ1v) is 6.97. The summed E-state index contributed by atoms with van der Waals surface area (Å²) in [7, 11) is 0. The molecule has 0 saturated heterocycles. The van der Waals surface area contributed by atoms with E-state index < -0.39 is 0 Å². The predicted octanol–water partition coefficient (Wildman–Crippen LogP) is 4.60. The number of aryl methyl sites for hydroxylation is 1. The fourth-order valence-electron chi connectivity index (χ4n) is 1.70. The number of hydrogen-bond acceptors (Lipinski definition) is 2. The van der Waals surface area contributed by atoms with Crippen LogP contribution in [0.5, 0.6) is 0 Å². The van der Waals surface area contributed by atoms with Gasteiger partial charge >= 0.3 is 0 Å². The van der Waals surface area contributed by atoms with Crippen molar-refractivity contribution in [2.75, 3.05) is 0 Å². The Morgan fingerprint density at radius 3 is 2.44 bits per heavy atom. The van der Waals surface area contributed by atoms with E-state index in [2.05, 4.69) is 28.8 Å². The highest BCUT2D eigenvalue weighted by molar-refractivity contribution is 8.93. The summed E-state index contributed by atoms with van der Waals surface area (Å²) in [4.78, 5) is 5.69. The van der Waals surface area contributed by atoms with Crippen LogP contribution in [0.25, 0.3) is 0 Å². The minimum absolute atomic E-state index is 0. The Hall–Kier alpha value is -0.580. The molecule has 0 saturated carbocycles. The van der Waals surface area contributed by atoms with Gasteiger partial charge in [-0.15, -0.1) is 28.3 Å². The van der Waals surface area contributed by atoms with E-state index in [0.717, 1.165) is 28.5 Å². The van der Waals surface area contributed by atoms with Crippen LogP contribution in [0.4, 0.5) is 5.69 Å². The fraction of sp³-hybridized carbons (Fsp3) is 0.308. The zero-order valence-electron chi connectivity index (χ0n) is 10.4. The van der Waals surface area contributed by atoms with Gasteiger partial charge in [0.2, 0.25) is 0 Å². The largest absolute Gasteiger partial charge is 0.321 e. The summed E-state index contributed by atoms with van der Waals surface area (Å²) in [5, 5.41) is 2.92. The third-order valence-electron chi connectivity index (χ3n) is 2.61. The first kappa shape index (κ1) is 15.5. The smallest absolute Gasteiger partial charge is 0.190 e. The van der Waals surface area contributed by atoms with Crippen molar-refractivity contribution in [2.45, 2.75) is 26.8 Å². The van der Waals surface area contributed by atoms with Crippen molar-refractivity contribution in [3.63, 3.8) is 0 Å². The van der Waals surface area contributed by atoms with Crippen molar-refractivity contribution in [3.05, 3.63) is 45.2 Å². The van der Waals surface area contributed by atoms with Crippen LogP contribution in [0.2, 0.25) is 5.02 Å². The molecule has 0 aliphatic carbocycles. The molecule has 0 bridgehead atoms. The zero-order chi connectivity index (χ0) is 12.3. The summed E-state index contributed by atoms with van der Waals surface area (Å²) in [5.41, 5.74) is 2.28. The number of rotatable bonds is 3. The maximum Gasteiger partial charge on any atom is 0.190 e. The first-order chi connectivity index (χ1) is 8.24. The topological polar surface area (TPSA) is 17.3 Å². The second-order valence-electron chi connectivity index (χ2n) is 3.70. The molecule has 1 heterocycles. The molecule has 2 rings (SSSR count). The molecule has 18 heavy (non-hydrogen) atoms. The minimum atomic E-state index is 0. The highest BCUT2D eigenvalue weighted by Gasteiger charge is 2.01. The normalized spacial score (nSPS) is 11.4. The van der Waals surface area contributed by atoms with Crippen LogP contribution in [-0.2, 0) is 13.0 Å². The maximum absolute atomic E-state index is 5.86. The minimum Gasteiger partial charge on any atom is -0.321 e. The van der Waals surface area contributed by atoms with Gasteiger partial charge in [-0.1, -0.05) is 18.5 Å². The van der Waals surface area contributed by atoms with Gasteiger partial charge in [0.15, 0.2) is 4.80 Å². The molecular weight excluding hydrogens is 332 g/mol. The molecular formula is C13H16BrClN2S. The Morgan fingerprint density at radius 2 is 1.89 bits per heavy atom. The lowest BCUT2D eigenvalue weighted by Crippen LogP contribution is -2.15. The van der Waals surface area contributed by atoms with E-state index >= 15 is 0 Å². The number of benzene rings is 1. The number of aromatic nitrogens is 1. The Bertz CT molecular complexity index is 557. The Labute approximate surface area is 127 Å². The van der Waals surface area contributed by atoms with E-state index in [0.29, 0.717) is 0 Å². The Morgan fingerprint density at radius 1 is 1.22 bits per heavy atom. The highest BCUT2D eigenvalue weighted by Crippen LogP contribution is 2.16. The second kappa shape index (κ2) is 7.12. The molecule has 0 aliphatic heterocycles. The van der Waals surface area contributed by atoms with E-state index in [9.17, 15) is 0 Å². The molecule has 1 aromatic heterocycles. The summed E-state index contributed by atoms with van der Waals surface area (Å²) >= 11 is 7.54. The molecule has 1 aromatic carbocycles. The van der Waals surface area contributed by atoms with Crippen LogP contribution in [0.1, 0.15) is 19.5 Å². The lowest BCUT2D eigenvalue weighted by molar-refractivity contribution is 0.693. The van der Waals surface area contributed by atoms with E-state index in [-0.39, 0.29) is 17.0 Å². The SMILES string of the molecule is Br.CCc1csc(=Nc2ccc(Cl)cc2)n1CC. The Kier molecular flexibility index (Phi) is 6.12. The number of nitrogens with zero attached hydrogens (tertiary/aromatic N) is 2. The molecule has 0 radical (unpaired) electrons. The van der Waals surface area contributed by atoms with Crippen LogP contribution in [0, 0.1) is 0 Å². The third kappa shape index (κ3) is 3.46. The number of hydrogen-bond donors (Lipinski definition) is 0. The standard InChI is InChI=1S/C13H15ClN2S.BrH/c1-3-12-9-17-13(16(12)4-2)15-11-7-5-10(14)6-8-11;/h5-9H,3-4H2,1-2H3;1H.